The molecule has 1 aliphatic rings. The van der Waals surface area contributed by atoms with Crippen molar-refractivity contribution in [3.8, 4) is 0 Å². The second-order valence-corrected chi connectivity index (χ2v) is 6.80. The molecule has 0 aliphatic carbocycles. The summed E-state index contributed by atoms with van der Waals surface area (Å²) in [6.45, 7) is 9.68. The lowest BCUT2D eigenvalue weighted by Crippen LogP contribution is -2.42. The summed E-state index contributed by atoms with van der Waals surface area (Å²) < 4.78 is 0. The molecule has 0 saturated carbocycles. The average Bonchev–Trinajstić information content (AvgIpc) is 2.91. The van der Waals surface area contributed by atoms with E-state index in [2.05, 4.69) is 31.3 Å². The van der Waals surface area contributed by atoms with E-state index >= 15 is 0 Å². The highest BCUT2D eigenvalue weighted by Crippen LogP contribution is 2.19. The molecule has 1 N–H and O–H groups in total. The lowest BCUT2D eigenvalue weighted by Gasteiger charge is -2.22. The molecule has 0 radical (unpaired) electrons. The summed E-state index contributed by atoms with van der Waals surface area (Å²) in [6.07, 6.45) is 2.84. The quantitative estimate of drug-likeness (QED) is 0.888. The normalized spacial score (nSPS) is 16.3. The molecule has 138 valence electrons. The van der Waals surface area contributed by atoms with Gasteiger partial charge in [-0.3, -0.25) is 4.79 Å². The van der Waals surface area contributed by atoms with Crippen molar-refractivity contribution in [1.29, 1.82) is 0 Å². The van der Waals surface area contributed by atoms with E-state index in [1.54, 1.807) is 0 Å². The summed E-state index contributed by atoms with van der Waals surface area (Å²) in [5.74, 6) is 0.573. The van der Waals surface area contributed by atoms with Gasteiger partial charge in [0.25, 0.3) is 5.91 Å². The van der Waals surface area contributed by atoms with Crippen LogP contribution in [-0.2, 0) is 0 Å². The lowest BCUT2D eigenvalue weighted by molar-refractivity contribution is 0.0762. The number of nitrogens with zero attached hydrogens (tertiary/aromatic N) is 2. The Morgan fingerprint density at radius 1 is 1.04 bits per heavy atom. The highest BCUT2D eigenvalue weighted by molar-refractivity contribution is 5.94. The molecule has 3 amide bonds. The fraction of sp³-hybridized carbons (Fsp3) is 0.600. The number of rotatable bonds is 5. The molecular formula is C20H31N3O2. The SMILES string of the molecule is CCCNC(=O)N1CCCN(C(=O)c2ccc(C(C)CC)cc2)CC1. The largest absolute Gasteiger partial charge is 0.338 e. The predicted octanol–water partition coefficient (Wildman–Crippen LogP) is 3.47. The van der Waals surface area contributed by atoms with E-state index in [4.69, 9.17) is 0 Å². The molecule has 2 rings (SSSR count). The van der Waals surface area contributed by atoms with E-state index in [9.17, 15) is 9.59 Å². The number of amides is 3. The number of nitrogens with one attached hydrogen (secondary N) is 1. The minimum Gasteiger partial charge on any atom is -0.338 e. The molecule has 1 unspecified atom stereocenters. The van der Waals surface area contributed by atoms with Gasteiger partial charge in [-0.2, -0.15) is 0 Å². The van der Waals surface area contributed by atoms with Gasteiger partial charge in [-0.1, -0.05) is 32.9 Å². The van der Waals surface area contributed by atoms with Gasteiger partial charge in [0.2, 0.25) is 0 Å². The summed E-state index contributed by atoms with van der Waals surface area (Å²) >= 11 is 0. The second-order valence-electron chi connectivity index (χ2n) is 6.80. The highest BCUT2D eigenvalue weighted by atomic mass is 16.2. The molecule has 1 aromatic carbocycles. The molecule has 0 aromatic heterocycles. The third-order valence-corrected chi connectivity index (χ3v) is 4.94. The summed E-state index contributed by atoms with van der Waals surface area (Å²) in [6, 6.07) is 7.96. The van der Waals surface area contributed by atoms with Crippen molar-refractivity contribution in [3.63, 3.8) is 0 Å². The van der Waals surface area contributed by atoms with Gasteiger partial charge in [0, 0.05) is 38.3 Å². The van der Waals surface area contributed by atoms with Crippen molar-refractivity contribution in [2.75, 3.05) is 32.7 Å². The van der Waals surface area contributed by atoms with Gasteiger partial charge >= 0.3 is 6.03 Å². The Morgan fingerprint density at radius 2 is 1.68 bits per heavy atom. The van der Waals surface area contributed by atoms with Gasteiger partial charge in [0.15, 0.2) is 0 Å². The Kier molecular flexibility index (Phi) is 7.29. The van der Waals surface area contributed by atoms with Gasteiger partial charge in [-0.05, 0) is 42.9 Å². The van der Waals surface area contributed by atoms with E-state index in [0.29, 0.717) is 38.6 Å². The zero-order chi connectivity index (χ0) is 18.2. The van der Waals surface area contributed by atoms with Crippen LogP contribution in [-0.4, -0.2) is 54.5 Å². The third-order valence-electron chi connectivity index (χ3n) is 4.94. The Balaban J connectivity index is 1.95. The minimum atomic E-state index is -0.0194. The second kappa shape index (κ2) is 9.44. The minimum absolute atomic E-state index is 0.0194. The fourth-order valence-corrected chi connectivity index (χ4v) is 3.04. The molecule has 5 nitrogen and oxygen atoms in total. The standard InChI is InChI=1S/C20H31N3O2/c1-4-11-21-20(25)23-13-6-12-22(14-15-23)19(24)18-9-7-17(8-10-18)16(3)5-2/h7-10,16H,4-6,11-15H2,1-3H3,(H,21,25). The molecule has 0 spiro atoms. The first-order valence-electron chi connectivity index (χ1n) is 9.48. The van der Waals surface area contributed by atoms with E-state index in [1.807, 2.05) is 28.9 Å². The Morgan fingerprint density at radius 3 is 2.32 bits per heavy atom. The number of hydrogen-bond donors (Lipinski definition) is 1. The number of urea groups is 1. The average molecular weight is 345 g/mol. The first kappa shape index (κ1) is 19.3. The molecule has 1 atom stereocenters. The van der Waals surface area contributed by atoms with Crippen LogP contribution in [0.4, 0.5) is 4.79 Å². The zero-order valence-corrected chi connectivity index (χ0v) is 15.8. The van der Waals surface area contributed by atoms with Crippen LogP contribution in [0.5, 0.6) is 0 Å². The van der Waals surface area contributed by atoms with Crippen molar-refractivity contribution in [1.82, 2.24) is 15.1 Å². The van der Waals surface area contributed by atoms with Crippen LogP contribution < -0.4 is 5.32 Å². The first-order valence-corrected chi connectivity index (χ1v) is 9.48. The maximum absolute atomic E-state index is 12.8. The Labute approximate surface area is 151 Å². The molecule has 5 heteroatoms. The maximum atomic E-state index is 12.8. The highest BCUT2D eigenvalue weighted by Gasteiger charge is 2.22. The molecular weight excluding hydrogens is 314 g/mol. The van der Waals surface area contributed by atoms with Crippen LogP contribution >= 0.6 is 0 Å². The van der Waals surface area contributed by atoms with E-state index in [-0.39, 0.29) is 11.9 Å². The molecule has 1 aliphatic heterocycles. The summed E-state index contributed by atoms with van der Waals surface area (Å²) in [4.78, 5) is 28.5. The zero-order valence-electron chi connectivity index (χ0n) is 15.8. The number of carbonyl (C=O) groups excluding carboxylic acids is 2. The number of hydrogen-bond acceptors (Lipinski definition) is 2. The summed E-state index contributed by atoms with van der Waals surface area (Å²) in [7, 11) is 0. The predicted molar refractivity (Wildman–Crippen MR) is 101 cm³/mol. The first-order chi connectivity index (χ1) is 12.1. The van der Waals surface area contributed by atoms with Gasteiger partial charge in [0.05, 0.1) is 0 Å². The topological polar surface area (TPSA) is 52.7 Å². The van der Waals surface area contributed by atoms with Crippen LogP contribution in [0.1, 0.15) is 61.9 Å². The summed E-state index contributed by atoms with van der Waals surface area (Å²) in [5.41, 5.74) is 2.00. The van der Waals surface area contributed by atoms with Crippen LogP contribution in [0.2, 0.25) is 0 Å². The van der Waals surface area contributed by atoms with Crippen LogP contribution in [0.25, 0.3) is 0 Å². The van der Waals surface area contributed by atoms with Crippen LogP contribution in [0, 0.1) is 0 Å². The molecule has 1 saturated heterocycles. The molecule has 25 heavy (non-hydrogen) atoms. The van der Waals surface area contributed by atoms with Crippen molar-refractivity contribution in [2.24, 2.45) is 0 Å². The fourth-order valence-electron chi connectivity index (χ4n) is 3.04. The van der Waals surface area contributed by atoms with E-state index in [1.165, 1.54) is 5.56 Å². The Hall–Kier alpha value is -2.04. The van der Waals surface area contributed by atoms with Gasteiger partial charge in [0.1, 0.15) is 0 Å². The van der Waals surface area contributed by atoms with Crippen molar-refractivity contribution in [2.45, 2.75) is 46.0 Å². The van der Waals surface area contributed by atoms with Crippen molar-refractivity contribution >= 4 is 11.9 Å². The molecule has 0 bridgehead atoms. The number of carbonyl (C=O) groups is 2. The van der Waals surface area contributed by atoms with Crippen LogP contribution in [0.15, 0.2) is 24.3 Å². The van der Waals surface area contributed by atoms with Crippen molar-refractivity contribution < 1.29 is 9.59 Å². The smallest absolute Gasteiger partial charge is 0.317 e. The van der Waals surface area contributed by atoms with E-state index in [0.717, 1.165) is 24.8 Å². The monoisotopic (exact) mass is 345 g/mol. The molecule has 1 aromatic rings. The van der Waals surface area contributed by atoms with E-state index < -0.39 is 0 Å². The maximum Gasteiger partial charge on any atom is 0.317 e. The Bertz CT molecular complexity index is 571. The molecule has 1 heterocycles. The summed E-state index contributed by atoms with van der Waals surface area (Å²) in [5, 5.41) is 2.91. The molecule has 1 fully saturated rings. The van der Waals surface area contributed by atoms with Gasteiger partial charge in [-0.15, -0.1) is 0 Å². The van der Waals surface area contributed by atoms with Gasteiger partial charge < -0.3 is 15.1 Å². The van der Waals surface area contributed by atoms with Gasteiger partial charge in [-0.25, -0.2) is 4.79 Å². The lowest BCUT2D eigenvalue weighted by atomic mass is 9.97. The number of benzene rings is 1. The van der Waals surface area contributed by atoms with Crippen LogP contribution in [0.3, 0.4) is 0 Å². The third kappa shape index (κ3) is 5.21. The van der Waals surface area contributed by atoms with Crippen molar-refractivity contribution in [3.05, 3.63) is 35.4 Å².